The molecule has 4 rings (SSSR count). The average molecular weight is 671 g/mol. The van der Waals surface area contributed by atoms with Gasteiger partial charge in [0.25, 0.3) is 5.91 Å². The molecule has 3 N–H and O–H groups in total. The number of aliphatic imine (C=N–C) groups is 1. The minimum Gasteiger partial charge on any atom is -0.494 e. The minimum atomic E-state index is -1.56. The van der Waals surface area contributed by atoms with Crippen molar-refractivity contribution >= 4 is 33.7 Å². The molecule has 0 saturated heterocycles. The third-order valence-corrected chi connectivity index (χ3v) is 7.25. The second-order valence-electron chi connectivity index (χ2n) is 11.4. The number of hydrazine groups is 1. The van der Waals surface area contributed by atoms with Crippen molar-refractivity contribution in [2.75, 3.05) is 13.2 Å². The van der Waals surface area contributed by atoms with Crippen molar-refractivity contribution in [1.82, 2.24) is 10.9 Å². The van der Waals surface area contributed by atoms with E-state index in [1.807, 2.05) is 24.3 Å². The molecule has 0 spiro atoms. The largest absolute Gasteiger partial charge is 0.494 e. The quantitative estimate of drug-likeness (QED) is 0.124. The molecule has 2 atom stereocenters. The van der Waals surface area contributed by atoms with Crippen LogP contribution in [0, 0.1) is 5.82 Å². The SMILES string of the molecule is CC(C)(C)OC(=O)CC[C@]1(C(=O)NNCc2cccc(F)c2)N=C(c2ccc(OCCCO)cc2)O[C@H]1c1ccc(Br)cc1. The van der Waals surface area contributed by atoms with E-state index in [0.29, 0.717) is 35.5 Å². The van der Waals surface area contributed by atoms with E-state index < -0.39 is 29.1 Å². The van der Waals surface area contributed by atoms with Gasteiger partial charge >= 0.3 is 5.97 Å². The highest BCUT2D eigenvalue weighted by Crippen LogP contribution is 2.43. The van der Waals surface area contributed by atoms with Gasteiger partial charge in [-0.1, -0.05) is 40.2 Å². The summed E-state index contributed by atoms with van der Waals surface area (Å²) < 4.78 is 32.2. The molecule has 0 aliphatic carbocycles. The van der Waals surface area contributed by atoms with Crippen LogP contribution in [-0.4, -0.2) is 47.2 Å². The Hall–Kier alpha value is -3.80. The van der Waals surface area contributed by atoms with E-state index >= 15 is 0 Å². The van der Waals surface area contributed by atoms with Crippen LogP contribution < -0.4 is 15.6 Å². The molecule has 1 aliphatic rings. The van der Waals surface area contributed by atoms with Gasteiger partial charge in [0.15, 0.2) is 11.6 Å². The Kier molecular flexibility index (Phi) is 11.1. The van der Waals surface area contributed by atoms with Crippen LogP contribution in [0.5, 0.6) is 5.75 Å². The summed E-state index contributed by atoms with van der Waals surface area (Å²) in [7, 11) is 0. The smallest absolute Gasteiger partial charge is 0.306 e. The lowest BCUT2D eigenvalue weighted by Crippen LogP contribution is -2.52. The van der Waals surface area contributed by atoms with E-state index in [1.165, 1.54) is 12.1 Å². The Balaban J connectivity index is 1.68. The van der Waals surface area contributed by atoms with Crippen LogP contribution in [0.25, 0.3) is 0 Å². The highest BCUT2D eigenvalue weighted by molar-refractivity contribution is 9.10. The molecular formula is C33H37BrFN3O6. The van der Waals surface area contributed by atoms with Crippen molar-refractivity contribution in [3.63, 3.8) is 0 Å². The number of rotatable bonds is 13. The summed E-state index contributed by atoms with van der Waals surface area (Å²) >= 11 is 3.46. The highest BCUT2D eigenvalue weighted by Gasteiger charge is 2.53. The average Bonchev–Trinajstić information content (AvgIpc) is 3.37. The Labute approximate surface area is 264 Å². The number of amides is 1. The van der Waals surface area contributed by atoms with E-state index in [4.69, 9.17) is 24.3 Å². The normalized spacial score (nSPS) is 17.9. The molecule has 3 aromatic carbocycles. The van der Waals surface area contributed by atoms with Gasteiger partial charge in [0.1, 0.15) is 17.2 Å². The van der Waals surface area contributed by atoms with Crippen molar-refractivity contribution in [2.24, 2.45) is 4.99 Å². The Morgan fingerprint density at radius 2 is 1.82 bits per heavy atom. The topological polar surface area (TPSA) is 118 Å². The number of aliphatic hydroxyl groups is 1. The van der Waals surface area contributed by atoms with Gasteiger partial charge in [-0.05, 0) is 86.8 Å². The molecule has 9 nitrogen and oxygen atoms in total. The summed E-state index contributed by atoms with van der Waals surface area (Å²) in [5.74, 6) is -0.544. The Bertz CT molecular complexity index is 1460. The molecule has 3 aromatic rings. The molecule has 11 heteroatoms. The monoisotopic (exact) mass is 669 g/mol. The van der Waals surface area contributed by atoms with E-state index in [9.17, 15) is 14.0 Å². The number of carbonyl (C=O) groups excluding carboxylic acids is 2. The number of hydrogen-bond donors (Lipinski definition) is 3. The van der Waals surface area contributed by atoms with E-state index in [1.54, 1.807) is 57.2 Å². The summed E-state index contributed by atoms with van der Waals surface area (Å²) in [5, 5.41) is 9.02. The van der Waals surface area contributed by atoms with Crippen molar-refractivity contribution in [3.05, 3.63) is 99.8 Å². The van der Waals surface area contributed by atoms with E-state index in [-0.39, 0.29) is 37.7 Å². The first kappa shape index (κ1) is 33.1. The molecule has 0 fully saturated rings. The molecule has 0 saturated carbocycles. The number of benzene rings is 3. The van der Waals surface area contributed by atoms with Crippen LogP contribution in [-0.2, 0) is 25.6 Å². The maximum absolute atomic E-state index is 14.1. The lowest BCUT2D eigenvalue weighted by Gasteiger charge is -2.31. The van der Waals surface area contributed by atoms with Crippen LogP contribution >= 0.6 is 15.9 Å². The molecule has 0 aromatic heterocycles. The number of hydrogen-bond acceptors (Lipinski definition) is 8. The summed E-state index contributed by atoms with van der Waals surface area (Å²) in [6.07, 6.45) is -0.486. The van der Waals surface area contributed by atoms with Gasteiger partial charge in [0.2, 0.25) is 5.90 Å². The standard InChI is InChI=1S/C33H37BrFN3O6/c1-32(2,3)44-28(40)16-17-33(31(41)38-36-21-22-6-4-7-26(35)20-22)29(23-8-12-25(34)13-9-23)43-30(37-33)24-10-14-27(15-11-24)42-19-5-18-39/h4,6-15,20,29,36,39H,5,16-19,21H2,1-3H3,(H,38,41)/t29-,33-/m0/s1. The second kappa shape index (κ2) is 14.8. The van der Waals surface area contributed by atoms with Gasteiger partial charge in [0.05, 0.1) is 6.61 Å². The third kappa shape index (κ3) is 8.87. The maximum Gasteiger partial charge on any atom is 0.306 e. The second-order valence-corrected chi connectivity index (χ2v) is 12.3. The fraction of sp³-hybridized carbons (Fsp3) is 0.364. The van der Waals surface area contributed by atoms with Gasteiger partial charge in [-0.15, -0.1) is 0 Å². The summed E-state index contributed by atoms with van der Waals surface area (Å²) in [4.78, 5) is 31.9. The predicted octanol–water partition coefficient (Wildman–Crippen LogP) is 5.55. The first-order valence-corrected chi connectivity index (χ1v) is 15.1. The number of carbonyl (C=O) groups is 2. The summed E-state index contributed by atoms with van der Waals surface area (Å²) in [6.45, 7) is 5.89. The summed E-state index contributed by atoms with van der Waals surface area (Å²) in [5.41, 5.74) is 5.26. The molecule has 1 aliphatic heterocycles. The lowest BCUT2D eigenvalue weighted by molar-refractivity contribution is -0.155. The summed E-state index contributed by atoms with van der Waals surface area (Å²) in [6, 6.07) is 20.4. The molecule has 1 amide bonds. The van der Waals surface area contributed by atoms with Gasteiger partial charge in [-0.3, -0.25) is 15.0 Å². The lowest BCUT2D eigenvalue weighted by atomic mass is 9.83. The van der Waals surface area contributed by atoms with Gasteiger partial charge < -0.3 is 19.3 Å². The first-order chi connectivity index (χ1) is 21.0. The zero-order chi connectivity index (χ0) is 31.7. The molecule has 1 heterocycles. The van der Waals surface area contributed by atoms with Crippen LogP contribution in [0.2, 0.25) is 0 Å². The third-order valence-electron chi connectivity index (χ3n) is 6.72. The van der Waals surface area contributed by atoms with Gasteiger partial charge in [-0.2, -0.15) is 0 Å². The maximum atomic E-state index is 14.1. The zero-order valence-corrected chi connectivity index (χ0v) is 26.5. The number of nitrogens with zero attached hydrogens (tertiary/aromatic N) is 1. The Morgan fingerprint density at radius 1 is 1.09 bits per heavy atom. The van der Waals surface area contributed by atoms with E-state index in [2.05, 4.69) is 26.8 Å². The molecule has 0 bridgehead atoms. The van der Waals surface area contributed by atoms with Crippen molar-refractivity contribution < 1.29 is 33.3 Å². The number of ether oxygens (including phenoxy) is 3. The molecule has 234 valence electrons. The number of halogens is 2. The van der Waals surface area contributed by atoms with E-state index in [0.717, 1.165) is 4.47 Å². The molecule has 0 radical (unpaired) electrons. The Morgan fingerprint density at radius 3 is 2.48 bits per heavy atom. The minimum absolute atomic E-state index is 0.0119. The molecule has 44 heavy (non-hydrogen) atoms. The van der Waals surface area contributed by atoms with Gasteiger partial charge in [-0.25, -0.2) is 14.8 Å². The van der Waals surface area contributed by atoms with Crippen molar-refractivity contribution in [3.8, 4) is 5.75 Å². The van der Waals surface area contributed by atoms with Crippen LogP contribution in [0.15, 0.2) is 82.3 Å². The predicted molar refractivity (Wildman–Crippen MR) is 167 cm³/mol. The highest BCUT2D eigenvalue weighted by atomic mass is 79.9. The fourth-order valence-electron chi connectivity index (χ4n) is 4.67. The first-order valence-electron chi connectivity index (χ1n) is 14.3. The molecular weight excluding hydrogens is 633 g/mol. The van der Waals surface area contributed by atoms with Gasteiger partial charge in [0, 0.05) is 36.0 Å². The van der Waals surface area contributed by atoms with Crippen LogP contribution in [0.3, 0.4) is 0 Å². The number of aliphatic hydroxyl groups excluding tert-OH is 1. The zero-order valence-electron chi connectivity index (χ0n) is 24.9. The molecule has 0 unspecified atom stereocenters. The number of nitrogens with one attached hydrogen (secondary N) is 2. The van der Waals surface area contributed by atoms with Crippen LogP contribution in [0.1, 0.15) is 62.8 Å². The van der Waals surface area contributed by atoms with Crippen molar-refractivity contribution in [1.29, 1.82) is 0 Å². The number of esters is 1. The van der Waals surface area contributed by atoms with Crippen molar-refractivity contribution in [2.45, 2.75) is 63.8 Å². The van der Waals surface area contributed by atoms with Crippen LogP contribution in [0.4, 0.5) is 4.39 Å². The fourth-order valence-corrected chi connectivity index (χ4v) is 4.94.